The van der Waals surface area contributed by atoms with E-state index in [1.54, 1.807) is 18.3 Å². The minimum Gasteiger partial charge on any atom is -0.386 e. The Labute approximate surface area is 104 Å². The van der Waals surface area contributed by atoms with Crippen molar-refractivity contribution in [2.75, 3.05) is 0 Å². The zero-order valence-corrected chi connectivity index (χ0v) is 9.90. The smallest absolute Gasteiger partial charge is 0.126 e. The van der Waals surface area contributed by atoms with Gasteiger partial charge in [-0.3, -0.25) is 4.98 Å². The maximum absolute atomic E-state index is 13.4. The molecule has 4 heteroatoms. The Kier molecular flexibility index (Phi) is 3.67. The summed E-state index contributed by atoms with van der Waals surface area (Å²) in [6.07, 6.45) is 0.636. The Morgan fingerprint density at radius 3 is 2.72 bits per heavy atom. The molecule has 0 bridgehead atoms. The van der Waals surface area contributed by atoms with Crippen LogP contribution in [-0.4, -0.2) is 10.1 Å². The van der Waals surface area contributed by atoms with Crippen molar-refractivity contribution >= 4 is 0 Å². The summed E-state index contributed by atoms with van der Waals surface area (Å²) in [7, 11) is 0. The molecule has 0 aliphatic heterocycles. The van der Waals surface area contributed by atoms with Crippen LogP contribution in [0.3, 0.4) is 0 Å². The predicted octanol–water partition coefficient (Wildman–Crippen LogP) is 2.94. The molecular weight excluding hydrogens is 236 g/mol. The molecule has 1 N–H and O–H groups in total. The monoisotopic (exact) mass is 249 g/mol. The van der Waals surface area contributed by atoms with E-state index >= 15 is 0 Å². The van der Waals surface area contributed by atoms with Crippen LogP contribution in [0.15, 0.2) is 36.5 Å². The van der Waals surface area contributed by atoms with Crippen LogP contribution in [0, 0.1) is 18.6 Å². The number of hydrogen-bond donors (Lipinski definition) is 1. The lowest BCUT2D eigenvalue weighted by molar-refractivity contribution is 0.172. The molecule has 0 aliphatic carbocycles. The highest BCUT2D eigenvalue weighted by Crippen LogP contribution is 2.19. The SMILES string of the molecule is Cc1ccnc(C(O)Cc2cc(F)ccc2F)c1. The standard InChI is InChI=1S/C14H13F2NO/c1-9-4-5-17-13(6-9)14(18)8-10-7-11(15)2-3-12(10)16/h2-7,14,18H,8H2,1H3. The first-order valence-corrected chi connectivity index (χ1v) is 5.61. The molecule has 0 spiro atoms. The quantitative estimate of drug-likeness (QED) is 0.907. The minimum atomic E-state index is -0.943. The molecule has 1 aromatic heterocycles. The van der Waals surface area contributed by atoms with Crippen LogP contribution in [-0.2, 0) is 6.42 Å². The summed E-state index contributed by atoms with van der Waals surface area (Å²) in [4.78, 5) is 4.02. The lowest BCUT2D eigenvalue weighted by Crippen LogP contribution is -2.06. The van der Waals surface area contributed by atoms with E-state index < -0.39 is 17.7 Å². The molecule has 0 fully saturated rings. The van der Waals surface area contributed by atoms with E-state index in [0.29, 0.717) is 5.69 Å². The molecule has 1 atom stereocenters. The number of nitrogens with zero attached hydrogens (tertiary/aromatic N) is 1. The van der Waals surface area contributed by atoms with E-state index in [1.807, 2.05) is 6.92 Å². The molecular formula is C14H13F2NO. The fourth-order valence-electron chi connectivity index (χ4n) is 1.75. The van der Waals surface area contributed by atoms with Crippen LogP contribution in [0.2, 0.25) is 0 Å². The minimum absolute atomic E-state index is 0.0000463. The Morgan fingerprint density at radius 1 is 1.22 bits per heavy atom. The average molecular weight is 249 g/mol. The van der Waals surface area contributed by atoms with E-state index in [1.165, 1.54) is 0 Å². The van der Waals surface area contributed by atoms with Crippen LogP contribution in [0.1, 0.15) is 22.9 Å². The summed E-state index contributed by atoms with van der Waals surface area (Å²) in [6.45, 7) is 1.88. The number of aliphatic hydroxyl groups is 1. The third-order valence-electron chi connectivity index (χ3n) is 2.70. The largest absolute Gasteiger partial charge is 0.386 e. The fraction of sp³-hybridized carbons (Fsp3) is 0.214. The molecule has 2 nitrogen and oxygen atoms in total. The highest BCUT2D eigenvalue weighted by Gasteiger charge is 2.13. The topological polar surface area (TPSA) is 33.1 Å². The van der Waals surface area contributed by atoms with Gasteiger partial charge in [-0.2, -0.15) is 0 Å². The lowest BCUT2D eigenvalue weighted by Gasteiger charge is -2.11. The van der Waals surface area contributed by atoms with Gasteiger partial charge in [0.15, 0.2) is 0 Å². The molecule has 2 rings (SSSR count). The summed E-state index contributed by atoms with van der Waals surface area (Å²) in [6, 6.07) is 6.73. The van der Waals surface area contributed by atoms with E-state index in [4.69, 9.17) is 0 Å². The van der Waals surface area contributed by atoms with E-state index in [2.05, 4.69) is 4.98 Å². The second kappa shape index (κ2) is 5.23. The normalized spacial score (nSPS) is 12.4. The van der Waals surface area contributed by atoms with Gasteiger partial charge in [0.25, 0.3) is 0 Å². The third kappa shape index (κ3) is 2.90. The van der Waals surface area contributed by atoms with E-state index in [9.17, 15) is 13.9 Å². The summed E-state index contributed by atoms with van der Waals surface area (Å²) in [5, 5.41) is 9.96. The number of halogens is 2. The molecule has 94 valence electrons. The molecule has 18 heavy (non-hydrogen) atoms. The number of aliphatic hydroxyl groups excluding tert-OH is 1. The van der Waals surface area contributed by atoms with E-state index in [-0.39, 0.29) is 12.0 Å². The van der Waals surface area contributed by atoms with Gasteiger partial charge in [-0.25, -0.2) is 8.78 Å². The summed E-state index contributed by atoms with van der Waals surface area (Å²) in [5.41, 5.74) is 1.56. The van der Waals surface area contributed by atoms with E-state index in [0.717, 1.165) is 23.8 Å². The zero-order valence-electron chi connectivity index (χ0n) is 9.90. The van der Waals surface area contributed by atoms with Gasteiger partial charge >= 0.3 is 0 Å². The van der Waals surface area contributed by atoms with Crippen LogP contribution in [0.5, 0.6) is 0 Å². The van der Waals surface area contributed by atoms with Crippen molar-refractivity contribution in [3.63, 3.8) is 0 Å². The lowest BCUT2D eigenvalue weighted by atomic mass is 10.0. The molecule has 0 radical (unpaired) electrons. The number of aromatic nitrogens is 1. The van der Waals surface area contributed by atoms with Gasteiger partial charge in [-0.15, -0.1) is 0 Å². The zero-order chi connectivity index (χ0) is 13.1. The van der Waals surface area contributed by atoms with Crippen LogP contribution >= 0.6 is 0 Å². The first kappa shape index (κ1) is 12.6. The van der Waals surface area contributed by atoms with Crippen molar-refractivity contribution in [1.82, 2.24) is 4.98 Å². The molecule has 0 aliphatic rings. The van der Waals surface area contributed by atoms with Crippen molar-refractivity contribution in [2.24, 2.45) is 0 Å². The van der Waals surface area contributed by atoms with Crippen LogP contribution < -0.4 is 0 Å². The number of pyridine rings is 1. The second-order valence-electron chi connectivity index (χ2n) is 4.21. The van der Waals surface area contributed by atoms with Crippen molar-refractivity contribution in [1.29, 1.82) is 0 Å². The van der Waals surface area contributed by atoms with Gasteiger partial charge in [0.05, 0.1) is 5.69 Å². The Morgan fingerprint density at radius 2 is 2.00 bits per heavy atom. The Balaban J connectivity index is 2.21. The van der Waals surface area contributed by atoms with Crippen LogP contribution in [0.4, 0.5) is 8.78 Å². The Bertz CT molecular complexity index is 557. The molecule has 0 amide bonds. The number of aryl methyl sites for hydroxylation is 1. The third-order valence-corrected chi connectivity index (χ3v) is 2.70. The van der Waals surface area contributed by atoms with Crippen LogP contribution in [0.25, 0.3) is 0 Å². The molecule has 0 saturated carbocycles. The van der Waals surface area contributed by atoms with Gasteiger partial charge in [0.2, 0.25) is 0 Å². The summed E-state index contributed by atoms with van der Waals surface area (Å²) < 4.78 is 26.4. The summed E-state index contributed by atoms with van der Waals surface area (Å²) >= 11 is 0. The maximum Gasteiger partial charge on any atom is 0.126 e. The molecule has 0 saturated heterocycles. The molecule has 1 unspecified atom stereocenters. The van der Waals surface area contributed by atoms with Gasteiger partial charge in [0.1, 0.15) is 17.7 Å². The second-order valence-corrected chi connectivity index (χ2v) is 4.21. The Hall–Kier alpha value is -1.81. The summed E-state index contributed by atoms with van der Waals surface area (Å²) in [5.74, 6) is -1.04. The van der Waals surface area contributed by atoms with Crippen molar-refractivity contribution < 1.29 is 13.9 Å². The molecule has 1 aromatic carbocycles. The number of benzene rings is 1. The van der Waals surface area contributed by atoms with Gasteiger partial charge in [-0.1, -0.05) is 0 Å². The maximum atomic E-state index is 13.4. The first-order chi connectivity index (χ1) is 8.56. The number of rotatable bonds is 3. The van der Waals surface area contributed by atoms with Crippen molar-refractivity contribution in [3.8, 4) is 0 Å². The number of hydrogen-bond acceptors (Lipinski definition) is 2. The molecule has 2 aromatic rings. The van der Waals surface area contributed by atoms with Gasteiger partial charge in [-0.05, 0) is 48.4 Å². The predicted molar refractivity (Wildman–Crippen MR) is 64.0 cm³/mol. The average Bonchev–Trinajstić information content (AvgIpc) is 2.34. The van der Waals surface area contributed by atoms with Crippen molar-refractivity contribution in [2.45, 2.75) is 19.4 Å². The fourth-order valence-corrected chi connectivity index (χ4v) is 1.75. The first-order valence-electron chi connectivity index (χ1n) is 5.61. The van der Waals surface area contributed by atoms with Gasteiger partial charge < -0.3 is 5.11 Å². The van der Waals surface area contributed by atoms with Gasteiger partial charge in [0, 0.05) is 12.6 Å². The van der Waals surface area contributed by atoms with Crippen molar-refractivity contribution in [3.05, 3.63) is 65.0 Å². The highest BCUT2D eigenvalue weighted by atomic mass is 19.1. The highest BCUT2D eigenvalue weighted by molar-refractivity contribution is 5.22. The molecule has 1 heterocycles.